The van der Waals surface area contributed by atoms with E-state index in [1.807, 2.05) is 4.90 Å². The van der Waals surface area contributed by atoms with Gasteiger partial charge in [0.25, 0.3) is 5.91 Å². The smallest absolute Gasteiger partial charge is 0.263 e. The van der Waals surface area contributed by atoms with E-state index < -0.39 is 6.17 Å². The molecule has 1 fully saturated rings. The Morgan fingerprint density at radius 1 is 1.35 bits per heavy atom. The van der Waals surface area contributed by atoms with Gasteiger partial charge in [0.05, 0.1) is 12.2 Å². The van der Waals surface area contributed by atoms with Crippen LogP contribution in [0.4, 0.5) is 10.3 Å². The Labute approximate surface area is 136 Å². The topological polar surface area (TPSA) is 71.0 Å². The van der Waals surface area contributed by atoms with Crippen LogP contribution in [0.3, 0.4) is 0 Å². The van der Waals surface area contributed by atoms with Gasteiger partial charge in [0.2, 0.25) is 5.95 Å². The number of hydrogen-bond donors (Lipinski definition) is 1. The largest absolute Gasteiger partial charge is 0.351 e. The number of carbonyl (C=O) groups is 1. The molecule has 0 aliphatic carbocycles. The van der Waals surface area contributed by atoms with Crippen LogP contribution in [0, 0.1) is 0 Å². The van der Waals surface area contributed by atoms with Gasteiger partial charge in [-0.1, -0.05) is 0 Å². The van der Waals surface area contributed by atoms with Crippen LogP contribution in [0.25, 0.3) is 10.6 Å². The number of piperidine rings is 1. The summed E-state index contributed by atoms with van der Waals surface area (Å²) in [7, 11) is 0. The fourth-order valence-corrected chi connectivity index (χ4v) is 3.90. The highest BCUT2D eigenvalue weighted by Gasteiger charge is 2.24. The van der Waals surface area contributed by atoms with Gasteiger partial charge < -0.3 is 10.2 Å². The Bertz CT molecular complexity index is 732. The van der Waals surface area contributed by atoms with Gasteiger partial charge in [-0.25, -0.2) is 19.3 Å². The summed E-state index contributed by atoms with van der Waals surface area (Å²) in [6.45, 7) is 1.76. The number of carbonyl (C=O) groups excluding carboxylic acids is 1. The monoisotopic (exact) mass is 333 g/mol. The van der Waals surface area contributed by atoms with Crippen molar-refractivity contribution in [2.24, 2.45) is 0 Å². The molecule has 23 heavy (non-hydrogen) atoms. The molecule has 1 N–H and O–H groups in total. The Morgan fingerprint density at radius 2 is 2.17 bits per heavy atom. The lowest BCUT2D eigenvalue weighted by molar-refractivity contribution is 0.0950. The van der Waals surface area contributed by atoms with Gasteiger partial charge in [0.15, 0.2) is 0 Å². The lowest BCUT2D eigenvalue weighted by Gasteiger charge is -2.28. The molecule has 0 radical (unpaired) electrons. The van der Waals surface area contributed by atoms with E-state index in [0.717, 1.165) is 35.7 Å². The molecule has 1 unspecified atom stereocenters. The fraction of sp³-hybridized carbons (Fsp3) is 0.467. The molecular weight excluding hydrogens is 317 g/mol. The van der Waals surface area contributed by atoms with Gasteiger partial charge in [-0.05, 0) is 12.8 Å². The molecule has 1 amide bonds. The molecule has 0 aromatic carbocycles. The van der Waals surface area contributed by atoms with Crippen molar-refractivity contribution in [2.45, 2.75) is 25.4 Å². The maximum absolute atomic E-state index is 13.5. The summed E-state index contributed by atoms with van der Waals surface area (Å²) < 4.78 is 13.5. The maximum Gasteiger partial charge on any atom is 0.263 e. The number of thiazole rings is 1. The lowest BCUT2D eigenvalue weighted by atomic mass is 10.1. The van der Waals surface area contributed by atoms with E-state index in [1.165, 1.54) is 11.3 Å². The van der Waals surface area contributed by atoms with E-state index in [0.29, 0.717) is 30.3 Å². The zero-order valence-corrected chi connectivity index (χ0v) is 13.3. The summed E-state index contributed by atoms with van der Waals surface area (Å²) in [5, 5.41) is 3.57. The number of alkyl halides is 1. The third kappa shape index (κ3) is 2.78. The molecule has 1 atom stereocenters. The second kappa shape index (κ2) is 5.84. The molecule has 0 bridgehead atoms. The standard InChI is InChI=1S/C15H16FN5OS/c16-10-2-1-5-21(8-10)15-18-6-9(7-19-15)14-20-11-3-4-17-13(22)12(11)23-14/h6-7,10H,1-5,8H2,(H,17,22). The summed E-state index contributed by atoms with van der Waals surface area (Å²) in [5.74, 6) is 0.491. The van der Waals surface area contributed by atoms with Crippen LogP contribution in [0.15, 0.2) is 12.4 Å². The summed E-state index contributed by atoms with van der Waals surface area (Å²) in [5.41, 5.74) is 1.63. The highest BCUT2D eigenvalue weighted by molar-refractivity contribution is 7.17. The average Bonchev–Trinajstić information content (AvgIpc) is 3.01. The molecule has 2 aliphatic heterocycles. The fourth-order valence-electron chi connectivity index (χ4n) is 2.90. The Hall–Kier alpha value is -2.09. The average molecular weight is 333 g/mol. The predicted octanol–water partition coefficient (Wildman–Crippen LogP) is 1.82. The van der Waals surface area contributed by atoms with Crippen molar-refractivity contribution in [3.05, 3.63) is 23.0 Å². The zero-order chi connectivity index (χ0) is 15.8. The minimum atomic E-state index is -0.809. The number of nitrogens with zero attached hydrogens (tertiary/aromatic N) is 4. The molecule has 2 aliphatic rings. The number of nitrogens with one attached hydrogen (secondary N) is 1. The number of hydrogen-bond acceptors (Lipinski definition) is 6. The van der Waals surface area contributed by atoms with Gasteiger partial charge >= 0.3 is 0 Å². The van der Waals surface area contributed by atoms with E-state index in [-0.39, 0.29) is 5.91 Å². The number of aromatic nitrogens is 3. The first-order valence-electron chi connectivity index (χ1n) is 7.70. The van der Waals surface area contributed by atoms with Gasteiger partial charge in [0, 0.05) is 37.5 Å². The van der Waals surface area contributed by atoms with Crippen LogP contribution >= 0.6 is 11.3 Å². The maximum atomic E-state index is 13.5. The first-order chi connectivity index (χ1) is 11.2. The lowest BCUT2D eigenvalue weighted by Crippen LogP contribution is -2.37. The van der Waals surface area contributed by atoms with Gasteiger partial charge in [-0.2, -0.15) is 0 Å². The van der Waals surface area contributed by atoms with Crippen LogP contribution in [0.5, 0.6) is 0 Å². The van der Waals surface area contributed by atoms with E-state index in [4.69, 9.17) is 0 Å². The van der Waals surface area contributed by atoms with Crippen LogP contribution in [0.2, 0.25) is 0 Å². The molecule has 8 heteroatoms. The van der Waals surface area contributed by atoms with Crippen LogP contribution in [-0.2, 0) is 6.42 Å². The van der Waals surface area contributed by atoms with Crippen molar-refractivity contribution in [3.8, 4) is 10.6 Å². The SMILES string of the molecule is O=C1NCCc2nc(-c3cnc(N4CCCC(F)C4)nc3)sc21. The third-order valence-corrected chi connectivity index (χ3v) is 5.23. The number of anilines is 1. The van der Waals surface area contributed by atoms with Gasteiger partial charge in [0.1, 0.15) is 16.1 Å². The van der Waals surface area contributed by atoms with Crippen molar-refractivity contribution < 1.29 is 9.18 Å². The van der Waals surface area contributed by atoms with Crippen molar-refractivity contribution in [1.29, 1.82) is 0 Å². The van der Waals surface area contributed by atoms with E-state index >= 15 is 0 Å². The predicted molar refractivity (Wildman–Crippen MR) is 85.5 cm³/mol. The van der Waals surface area contributed by atoms with E-state index in [1.54, 1.807) is 12.4 Å². The van der Waals surface area contributed by atoms with Gasteiger partial charge in [-0.15, -0.1) is 11.3 Å². The number of amides is 1. The quantitative estimate of drug-likeness (QED) is 0.908. The molecule has 4 heterocycles. The number of fused-ring (bicyclic) bond motifs is 1. The minimum Gasteiger partial charge on any atom is -0.351 e. The van der Waals surface area contributed by atoms with Crippen LogP contribution < -0.4 is 10.2 Å². The molecule has 2 aromatic rings. The number of halogens is 1. The second-order valence-corrected chi connectivity index (χ2v) is 6.76. The molecular formula is C15H16FN5OS. The van der Waals surface area contributed by atoms with E-state index in [2.05, 4.69) is 20.3 Å². The highest BCUT2D eigenvalue weighted by atomic mass is 32.1. The summed E-state index contributed by atoms with van der Waals surface area (Å²) >= 11 is 1.36. The second-order valence-electron chi connectivity index (χ2n) is 5.76. The molecule has 6 nitrogen and oxygen atoms in total. The summed E-state index contributed by atoms with van der Waals surface area (Å²) in [6, 6.07) is 0. The Kier molecular flexibility index (Phi) is 3.68. The van der Waals surface area contributed by atoms with Crippen LogP contribution in [0.1, 0.15) is 28.2 Å². The van der Waals surface area contributed by atoms with Crippen LogP contribution in [-0.4, -0.2) is 46.7 Å². The van der Waals surface area contributed by atoms with Crippen molar-refractivity contribution in [1.82, 2.24) is 20.3 Å². The minimum absolute atomic E-state index is 0.0603. The molecule has 120 valence electrons. The molecule has 4 rings (SSSR count). The van der Waals surface area contributed by atoms with Crippen molar-refractivity contribution in [2.75, 3.05) is 24.5 Å². The highest BCUT2D eigenvalue weighted by Crippen LogP contribution is 2.29. The first kappa shape index (κ1) is 14.5. The number of rotatable bonds is 2. The zero-order valence-electron chi connectivity index (χ0n) is 12.5. The molecule has 1 saturated heterocycles. The third-order valence-electron chi connectivity index (χ3n) is 4.08. The Balaban J connectivity index is 1.57. The Morgan fingerprint density at radius 3 is 2.91 bits per heavy atom. The van der Waals surface area contributed by atoms with Crippen molar-refractivity contribution in [3.63, 3.8) is 0 Å². The first-order valence-corrected chi connectivity index (χ1v) is 8.51. The molecule has 0 spiro atoms. The summed E-state index contributed by atoms with van der Waals surface area (Å²) in [6.07, 6.45) is 4.78. The molecule has 0 saturated carbocycles. The normalized spacial score (nSPS) is 21.0. The molecule has 2 aromatic heterocycles. The summed E-state index contributed by atoms with van der Waals surface area (Å²) in [4.78, 5) is 27.6. The van der Waals surface area contributed by atoms with E-state index in [9.17, 15) is 9.18 Å². The van der Waals surface area contributed by atoms with Gasteiger partial charge in [-0.3, -0.25) is 4.79 Å². The van der Waals surface area contributed by atoms with Crippen molar-refractivity contribution >= 4 is 23.2 Å².